The number of ether oxygens (including phenoxy) is 1. The molecule has 1 aromatic heterocycles. The predicted molar refractivity (Wildman–Crippen MR) is 74.7 cm³/mol. The Morgan fingerprint density at radius 3 is 3.05 bits per heavy atom. The number of carbonyl (C=O) groups is 1. The smallest absolute Gasteiger partial charge is 0.323 e. The van der Waals surface area contributed by atoms with Gasteiger partial charge < -0.3 is 9.64 Å². The van der Waals surface area contributed by atoms with E-state index in [-0.39, 0.29) is 6.03 Å². The standard InChI is InChI=1S/C14H20N4O2/c1-20-13-8-12(15-9-16-13)17-14(19)18-7-3-5-10-4-2-6-11(10)18/h8-11H,2-7H2,1H3,(H,15,16,17,19). The van der Waals surface area contributed by atoms with E-state index < -0.39 is 0 Å². The van der Waals surface area contributed by atoms with Crippen molar-refractivity contribution in [2.45, 2.75) is 38.1 Å². The fraction of sp³-hybridized carbons (Fsp3) is 0.643. The van der Waals surface area contributed by atoms with Gasteiger partial charge in [-0.15, -0.1) is 0 Å². The number of hydrogen-bond donors (Lipinski definition) is 1. The van der Waals surface area contributed by atoms with E-state index in [1.165, 1.54) is 25.6 Å². The molecule has 1 aliphatic carbocycles. The number of hydrogen-bond acceptors (Lipinski definition) is 4. The summed E-state index contributed by atoms with van der Waals surface area (Å²) in [5.74, 6) is 1.63. The number of rotatable bonds is 2. The average Bonchev–Trinajstić information content (AvgIpc) is 2.95. The van der Waals surface area contributed by atoms with Crippen molar-refractivity contribution in [2.75, 3.05) is 19.0 Å². The Bertz CT molecular complexity index is 494. The van der Waals surface area contributed by atoms with E-state index in [1.54, 1.807) is 13.2 Å². The molecule has 6 heteroatoms. The number of likely N-dealkylation sites (tertiary alicyclic amines) is 1. The second kappa shape index (κ2) is 5.64. The number of methoxy groups -OCH3 is 1. The lowest BCUT2D eigenvalue weighted by Gasteiger charge is -2.37. The lowest BCUT2D eigenvalue weighted by atomic mass is 9.92. The van der Waals surface area contributed by atoms with E-state index in [1.807, 2.05) is 4.90 Å². The summed E-state index contributed by atoms with van der Waals surface area (Å²) in [4.78, 5) is 22.4. The van der Waals surface area contributed by atoms with Crippen LogP contribution in [0.15, 0.2) is 12.4 Å². The van der Waals surface area contributed by atoms with E-state index in [9.17, 15) is 4.79 Å². The van der Waals surface area contributed by atoms with Crippen molar-refractivity contribution in [1.82, 2.24) is 14.9 Å². The van der Waals surface area contributed by atoms with Crippen molar-refractivity contribution in [3.05, 3.63) is 12.4 Å². The third-order valence-electron chi connectivity index (χ3n) is 4.34. The van der Waals surface area contributed by atoms with Gasteiger partial charge in [0.15, 0.2) is 0 Å². The molecule has 1 aliphatic heterocycles. The molecule has 1 aromatic rings. The first-order valence-corrected chi connectivity index (χ1v) is 7.21. The van der Waals surface area contributed by atoms with Gasteiger partial charge in [0.05, 0.1) is 7.11 Å². The zero-order valence-electron chi connectivity index (χ0n) is 11.7. The minimum atomic E-state index is -0.0534. The minimum Gasteiger partial charge on any atom is -0.481 e. The highest BCUT2D eigenvalue weighted by molar-refractivity contribution is 5.88. The van der Waals surface area contributed by atoms with Crippen molar-refractivity contribution < 1.29 is 9.53 Å². The second-order valence-electron chi connectivity index (χ2n) is 5.47. The molecule has 1 saturated heterocycles. The number of carbonyl (C=O) groups excluding carboxylic acids is 1. The number of piperidine rings is 1. The maximum atomic E-state index is 12.4. The summed E-state index contributed by atoms with van der Waals surface area (Å²) in [7, 11) is 1.54. The first-order chi connectivity index (χ1) is 9.78. The fourth-order valence-corrected chi connectivity index (χ4v) is 3.41. The van der Waals surface area contributed by atoms with Crippen LogP contribution < -0.4 is 10.1 Å². The lowest BCUT2D eigenvalue weighted by molar-refractivity contribution is 0.138. The van der Waals surface area contributed by atoms with Crippen molar-refractivity contribution >= 4 is 11.8 Å². The third-order valence-corrected chi connectivity index (χ3v) is 4.34. The third kappa shape index (κ3) is 2.55. The summed E-state index contributed by atoms with van der Waals surface area (Å²) >= 11 is 0. The van der Waals surface area contributed by atoms with Crippen LogP contribution in [0, 0.1) is 5.92 Å². The summed E-state index contributed by atoms with van der Waals surface area (Å²) in [6.07, 6.45) is 7.38. The van der Waals surface area contributed by atoms with Crippen LogP contribution in [-0.4, -0.2) is 40.6 Å². The first kappa shape index (κ1) is 13.1. The zero-order valence-corrected chi connectivity index (χ0v) is 11.7. The van der Waals surface area contributed by atoms with Crippen LogP contribution in [-0.2, 0) is 0 Å². The summed E-state index contributed by atoms with van der Waals surface area (Å²) in [6, 6.07) is 1.99. The van der Waals surface area contributed by atoms with Gasteiger partial charge in [-0.25, -0.2) is 14.8 Å². The molecule has 108 valence electrons. The average molecular weight is 276 g/mol. The Kier molecular flexibility index (Phi) is 3.71. The van der Waals surface area contributed by atoms with E-state index in [2.05, 4.69) is 15.3 Å². The number of amides is 2. The minimum absolute atomic E-state index is 0.0534. The zero-order chi connectivity index (χ0) is 13.9. The monoisotopic (exact) mass is 276 g/mol. The van der Waals surface area contributed by atoms with Crippen molar-refractivity contribution in [3.8, 4) is 5.88 Å². The van der Waals surface area contributed by atoms with Crippen LogP contribution in [0.4, 0.5) is 10.6 Å². The number of urea groups is 1. The highest BCUT2D eigenvalue weighted by Gasteiger charge is 2.37. The van der Waals surface area contributed by atoms with Crippen LogP contribution in [0.2, 0.25) is 0 Å². The molecule has 0 radical (unpaired) electrons. The van der Waals surface area contributed by atoms with Gasteiger partial charge in [-0.05, 0) is 31.6 Å². The molecule has 0 bridgehead atoms. The van der Waals surface area contributed by atoms with Crippen LogP contribution in [0.1, 0.15) is 32.1 Å². The Hall–Kier alpha value is -1.85. The van der Waals surface area contributed by atoms with E-state index in [0.717, 1.165) is 19.4 Å². The van der Waals surface area contributed by atoms with Crippen LogP contribution in [0.5, 0.6) is 5.88 Å². The molecule has 2 unspecified atom stereocenters. The van der Waals surface area contributed by atoms with Crippen LogP contribution in [0.3, 0.4) is 0 Å². The predicted octanol–water partition coefficient (Wildman–Crippen LogP) is 2.28. The Morgan fingerprint density at radius 1 is 1.35 bits per heavy atom. The molecule has 2 heterocycles. The molecule has 2 fully saturated rings. The first-order valence-electron chi connectivity index (χ1n) is 7.21. The van der Waals surface area contributed by atoms with Gasteiger partial charge >= 0.3 is 6.03 Å². The highest BCUT2D eigenvalue weighted by atomic mass is 16.5. The van der Waals surface area contributed by atoms with Gasteiger partial charge in [-0.3, -0.25) is 5.32 Å². The number of anilines is 1. The Labute approximate surface area is 118 Å². The number of nitrogens with one attached hydrogen (secondary N) is 1. The fourth-order valence-electron chi connectivity index (χ4n) is 3.41. The Balaban J connectivity index is 1.68. The van der Waals surface area contributed by atoms with Crippen molar-refractivity contribution in [1.29, 1.82) is 0 Å². The molecule has 0 spiro atoms. The quantitative estimate of drug-likeness (QED) is 0.900. The molecule has 2 amide bonds. The molecule has 2 aliphatic rings. The summed E-state index contributed by atoms with van der Waals surface area (Å²) in [5, 5.41) is 2.85. The van der Waals surface area contributed by atoms with Crippen molar-refractivity contribution in [2.24, 2.45) is 5.92 Å². The topological polar surface area (TPSA) is 67.3 Å². The summed E-state index contributed by atoms with van der Waals surface area (Å²) < 4.78 is 5.04. The molecular formula is C14H20N4O2. The van der Waals surface area contributed by atoms with Gasteiger partial charge in [0.2, 0.25) is 5.88 Å². The molecule has 20 heavy (non-hydrogen) atoms. The SMILES string of the molecule is COc1cc(NC(=O)N2CCCC3CCCC32)ncn1. The van der Waals surface area contributed by atoms with Crippen LogP contribution >= 0.6 is 0 Å². The molecule has 1 N–H and O–H groups in total. The van der Waals surface area contributed by atoms with E-state index in [0.29, 0.717) is 23.7 Å². The lowest BCUT2D eigenvalue weighted by Crippen LogP contribution is -2.48. The molecule has 2 atom stereocenters. The number of aromatic nitrogens is 2. The van der Waals surface area contributed by atoms with Gasteiger partial charge in [0.1, 0.15) is 12.1 Å². The molecule has 3 rings (SSSR count). The number of fused-ring (bicyclic) bond motifs is 1. The van der Waals surface area contributed by atoms with Gasteiger partial charge in [-0.1, -0.05) is 6.42 Å². The molecule has 6 nitrogen and oxygen atoms in total. The molecular weight excluding hydrogens is 256 g/mol. The van der Waals surface area contributed by atoms with Gasteiger partial charge in [0, 0.05) is 18.7 Å². The largest absolute Gasteiger partial charge is 0.481 e. The van der Waals surface area contributed by atoms with E-state index in [4.69, 9.17) is 4.74 Å². The second-order valence-corrected chi connectivity index (χ2v) is 5.47. The summed E-state index contributed by atoms with van der Waals surface area (Å²) in [6.45, 7) is 0.842. The summed E-state index contributed by atoms with van der Waals surface area (Å²) in [5.41, 5.74) is 0. The maximum Gasteiger partial charge on any atom is 0.323 e. The Morgan fingerprint density at radius 2 is 2.20 bits per heavy atom. The highest BCUT2D eigenvalue weighted by Crippen LogP contribution is 2.36. The maximum absolute atomic E-state index is 12.4. The molecule has 1 saturated carbocycles. The molecule has 0 aromatic carbocycles. The van der Waals surface area contributed by atoms with Gasteiger partial charge in [-0.2, -0.15) is 0 Å². The van der Waals surface area contributed by atoms with E-state index >= 15 is 0 Å². The number of nitrogens with zero attached hydrogens (tertiary/aromatic N) is 3. The van der Waals surface area contributed by atoms with Crippen LogP contribution in [0.25, 0.3) is 0 Å². The van der Waals surface area contributed by atoms with Crippen molar-refractivity contribution in [3.63, 3.8) is 0 Å². The van der Waals surface area contributed by atoms with Gasteiger partial charge in [0.25, 0.3) is 0 Å². The normalized spacial score (nSPS) is 25.1.